The van der Waals surface area contributed by atoms with Crippen LogP contribution in [0.1, 0.15) is 84.5 Å². The highest BCUT2D eigenvalue weighted by Gasteiger charge is 2.12. The average Bonchev–Trinajstić information content (AvgIpc) is 3.23. The number of carbonyl (C=O) groups is 1. The largest absolute Gasteiger partial charge is 0.489 e. The molecule has 0 radical (unpaired) electrons. The molecule has 0 saturated heterocycles. The van der Waals surface area contributed by atoms with E-state index in [0.29, 0.717) is 0 Å². The van der Waals surface area contributed by atoms with Gasteiger partial charge in [0.15, 0.2) is 0 Å². The summed E-state index contributed by atoms with van der Waals surface area (Å²) in [5.41, 5.74) is 0.788. The van der Waals surface area contributed by atoms with Gasteiger partial charge in [0.25, 0.3) is 0 Å². The molecule has 1 N–H and O–H groups in total. The highest BCUT2D eigenvalue weighted by Crippen LogP contribution is 2.20. The Morgan fingerprint density at radius 3 is 2.20 bits per heavy atom. The zero-order valence-electron chi connectivity index (χ0n) is 18.8. The van der Waals surface area contributed by atoms with Crippen LogP contribution < -0.4 is 10.1 Å². The van der Waals surface area contributed by atoms with E-state index in [1.54, 1.807) is 6.20 Å². The van der Waals surface area contributed by atoms with Crippen molar-refractivity contribution in [3.63, 3.8) is 0 Å². The second kappa shape index (κ2) is 14.6. The lowest BCUT2D eigenvalue weighted by Crippen LogP contribution is -2.22. The van der Waals surface area contributed by atoms with Gasteiger partial charge in [-0.15, -0.1) is 0 Å². The van der Waals surface area contributed by atoms with Gasteiger partial charge >= 0.3 is 0 Å². The molecule has 1 aromatic carbocycles. The Balaban J connectivity index is 1.72. The third-order valence-corrected chi connectivity index (χ3v) is 5.33. The van der Waals surface area contributed by atoms with E-state index < -0.39 is 0 Å². The van der Waals surface area contributed by atoms with Gasteiger partial charge in [0, 0.05) is 25.0 Å². The van der Waals surface area contributed by atoms with Crippen molar-refractivity contribution >= 4 is 11.6 Å². The van der Waals surface area contributed by atoms with E-state index in [1.165, 1.54) is 71.1 Å². The minimum atomic E-state index is -0.0670. The van der Waals surface area contributed by atoms with Crippen molar-refractivity contribution in [1.29, 1.82) is 0 Å². The number of hydrogen-bond acceptors (Lipinski definition) is 3. The highest BCUT2D eigenvalue weighted by atomic mass is 16.5. The van der Waals surface area contributed by atoms with Gasteiger partial charge in [-0.1, -0.05) is 64.7 Å². The van der Waals surface area contributed by atoms with Crippen LogP contribution in [-0.4, -0.2) is 21.6 Å². The molecule has 166 valence electrons. The van der Waals surface area contributed by atoms with Crippen LogP contribution in [0.25, 0.3) is 0 Å². The number of ether oxygens (including phenoxy) is 1. The zero-order chi connectivity index (χ0) is 21.4. The van der Waals surface area contributed by atoms with Gasteiger partial charge < -0.3 is 14.6 Å². The number of amides is 1. The fourth-order valence-corrected chi connectivity index (χ4v) is 3.69. The molecule has 1 amide bonds. The quantitative estimate of drug-likeness (QED) is 0.315. The number of hydrogen-bond donors (Lipinski definition) is 1. The molecule has 0 aliphatic carbocycles. The van der Waals surface area contributed by atoms with Gasteiger partial charge in [0.2, 0.25) is 5.91 Å². The Morgan fingerprint density at radius 2 is 1.63 bits per heavy atom. The molecule has 0 aliphatic heterocycles. The number of nitrogens with one attached hydrogen (secondary N) is 1. The molecule has 5 heteroatoms. The van der Waals surface area contributed by atoms with Crippen molar-refractivity contribution < 1.29 is 9.53 Å². The second-order valence-corrected chi connectivity index (χ2v) is 8.18. The Hall–Kier alpha value is -2.30. The standard InChI is InChI=1S/C25H39N3O2/c1-3-4-5-6-7-8-9-10-11-12-13-25(20-28-19-18-26-21-28)30-24-16-14-23(15-17-24)27-22(2)29/h14-19,21,25H,3-13,20H2,1-2H3,(H,27,29). The summed E-state index contributed by atoms with van der Waals surface area (Å²) in [4.78, 5) is 15.3. The van der Waals surface area contributed by atoms with E-state index in [4.69, 9.17) is 4.74 Å². The van der Waals surface area contributed by atoms with E-state index in [9.17, 15) is 4.79 Å². The third-order valence-electron chi connectivity index (χ3n) is 5.33. The minimum Gasteiger partial charge on any atom is -0.489 e. The average molecular weight is 414 g/mol. The first-order chi connectivity index (χ1) is 14.7. The summed E-state index contributed by atoms with van der Waals surface area (Å²) in [5.74, 6) is 0.768. The maximum Gasteiger partial charge on any atom is 0.221 e. The summed E-state index contributed by atoms with van der Waals surface area (Å²) < 4.78 is 8.35. The molecule has 2 rings (SSSR count). The number of benzene rings is 1. The van der Waals surface area contributed by atoms with Crippen LogP contribution in [0.15, 0.2) is 43.0 Å². The molecular formula is C25H39N3O2. The van der Waals surface area contributed by atoms with Gasteiger partial charge in [-0.3, -0.25) is 4.79 Å². The third kappa shape index (κ3) is 10.5. The Kier molecular flexibility index (Phi) is 11.7. The van der Waals surface area contributed by atoms with Crippen LogP contribution in [0.4, 0.5) is 5.69 Å². The normalized spacial score (nSPS) is 11.9. The van der Waals surface area contributed by atoms with Crippen LogP contribution in [0.5, 0.6) is 5.75 Å². The highest BCUT2D eigenvalue weighted by molar-refractivity contribution is 5.88. The van der Waals surface area contributed by atoms with E-state index in [2.05, 4.69) is 21.8 Å². The van der Waals surface area contributed by atoms with E-state index in [0.717, 1.165) is 24.4 Å². The van der Waals surface area contributed by atoms with Gasteiger partial charge in [-0.2, -0.15) is 0 Å². The smallest absolute Gasteiger partial charge is 0.221 e. The van der Waals surface area contributed by atoms with Gasteiger partial charge in [0.05, 0.1) is 12.9 Å². The summed E-state index contributed by atoms with van der Waals surface area (Å²) in [6.45, 7) is 4.58. The molecule has 2 aromatic rings. The van der Waals surface area contributed by atoms with Crippen LogP contribution in [0.2, 0.25) is 0 Å². The Morgan fingerprint density at radius 1 is 1.00 bits per heavy atom. The van der Waals surface area contributed by atoms with Crippen molar-refractivity contribution in [3.8, 4) is 5.75 Å². The van der Waals surface area contributed by atoms with Crippen molar-refractivity contribution in [2.75, 3.05) is 5.32 Å². The molecule has 0 fully saturated rings. The van der Waals surface area contributed by atoms with E-state index >= 15 is 0 Å². The second-order valence-electron chi connectivity index (χ2n) is 8.18. The molecule has 1 aromatic heterocycles. The van der Waals surface area contributed by atoms with Crippen LogP contribution in [0, 0.1) is 0 Å². The molecule has 0 saturated carbocycles. The fraction of sp³-hybridized carbons (Fsp3) is 0.600. The van der Waals surface area contributed by atoms with Crippen LogP contribution >= 0.6 is 0 Å². The Bertz CT molecular complexity index is 683. The molecule has 1 atom stereocenters. The van der Waals surface area contributed by atoms with E-state index in [-0.39, 0.29) is 12.0 Å². The summed E-state index contributed by atoms with van der Waals surface area (Å²) in [7, 11) is 0. The number of imidazole rings is 1. The molecule has 1 unspecified atom stereocenters. The molecule has 0 bridgehead atoms. The zero-order valence-corrected chi connectivity index (χ0v) is 18.8. The summed E-state index contributed by atoms with van der Waals surface area (Å²) in [6, 6.07) is 7.60. The molecule has 30 heavy (non-hydrogen) atoms. The minimum absolute atomic E-state index is 0.0670. The maximum absolute atomic E-state index is 11.2. The summed E-state index contributed by atoms with van der Waals surface area (Å²) in [5, 5.41) is 2.79. The predicted molar refractivity (Wildman–Crippen MR) is 124 cm³/mol. The molecule has 1 heterocycles. The van der Waals surface area contributed by atoms with Crippen molar-refractivity contribution in [1.82, 2.24) is 9.55 Å². The predicted octanol–water partition coefficient (Wildman–Crippen LogP) is 6.60. The number of unbranched alkanes of at least 4 members (excludes halogenated alkanes) is 9. The molecule has 5 nitrogen and oxygen atoms in total. The number of anilines is 1. The van der Waals surface area contributed by atoms with Crippen LogP contribution in [-0.2, 0) is 11.3 Å². The monoisotopic (exact) mass is 413 g/mol. The van der Waals surface area contributed by atoms with Crippen molar-refractivity contribution in [2.24, 2.45) is 0 Å². The summed E-state index contributed by atoms with van der Waals surface area (Å²) in [6.07, 6.45) is 20.1. The summed E-state index contributed by atoms with van der Waals surface area (Å²) >= 11 is 0. The number of aromatic nitrogens is 2. The lowest BCUT2D eigenvalue weighted by atomic mass is 10.0. The van der Waals surface area contributed by atoms with Crippen molar-refractivity contribution in [2.45, 2.75) is 97.1 Å². The SMILES string of the molecule is CCCCCCCCCCCCC(Cn1ccnc1)Oc1ccc(NC(C)=O)cc1. The van der Waals surface area contributed by atoms with E-state index in [1.807, 2.05) is 36.8 Å². The molecular weight excluding hydrogens is 374 g/mol. The number of rotatable bonds is 16. The first-order valence-corrected chi connectivity index (χ1v) is 11.7. The lowest BCUT2D eigenvalue weighted by molar-refractivity contribution is -0.114. The Labute approximate surface area is 182 Å². The van der Waals surface area contributed by atoms with Crippen molar-refractivity contribution in [3.05, 3.63) is 43.0 Å². The number of carbonyl (C=O) groups excluding carboxylic acids is 1. The van der Waals surface area contributed by atoms with Gasteiger partial charge in [-0.05, 0) is 37.1 Å². The molecule has 0 aliphatic rings. The number of nitrogens with zero attached hydrogens (tertiary/aromatic N) is 2. The molecule has 0 spiro atoms. The van der Waals surface area contributed by atoms with Crippen LogP contribution in [0.3, 0.4) is 0 Å². The first-order valence-electron chi connectivity index (χ1n) is 11.7. The van der Waals surface area contributed by atoms with Gasteiger partial charge in [-0.25, -0.2) is 4.98 Å². The first kappa shape index (κ1) is 24.0. The maximum atomic E-state index is 11.2. The topological polar surface area (TPSA) is 56.1 Å². The fourth-order valence-electron chi connectivity index (χ4n) is 3.69. The lowest BCUT2D eigenvalue weighted by Gasteiger charge is -2.20. The van der Waals surface area contributed by atoms with Gasteiger partial charge in [0.1, 0.15) is 11.9 Å².